The highest BCUT2D eigenvalue weighted by Gasteiger charge is 2.08. The molecule has 2 aromatic rings. The summed E-state index contributed by atoms with van der Waals surface area (Å²) in [6.45, 7) is 2.72. The molecule has 17 heavy (non-hydrogen) atoms. The lowest BCUT2D eigenvalue weighted by molar-refractivity contribution is 0.132. The second kappa shape index (κ2) is 5.01. The van der Waals surface area contributed by atoms with Crippen molar-refractivity contribution in [3.05, 3.63) is 40.2 Å². The van der Waals surface area contributed by atoms with Crippen LogP contribution in [0.1, 0.15) is 12.5 Å². The predicted octanol–water partition coefficient (Wildman–Crippen LogP) is 2.34. The van der Waals surface area contributed by atoms with Crippen molar-refractivity contribution in [2.75, 3.05) is 13.7 Å². The lowest BCUT2D eigenvalue weighted by atomic mass is 10.2. The van der Waals surface area contributed by atoms with Gasteiger partial charge in [0.25, 0.3) is 0 Å². The van der Waals surface area contributed by atoms with Crippen molar-refractivity contribution in [1.82, 2.24) is 0 Å². The zero-order chi connectivity index (χ0) is 12.3. The van der Waals surface area contributed by atoms with E-state index in [0.29, 0.717) is 23.5 Å². The molecular weight excluding hydrogens is 220 g/mol. The third kappa shape index (κ3) is 2.31. The minimum absolute atomic E-state index is 0.270. The van der Waals surface area contributed by atoms with Gasteiger partial charge in [-0.1, -0.05) is 12.1 Å². The molecule has 1 heterocycles. The smallest absolute Gasteiger partial charge is 0.341 e. The highest BCUT2D eigenvalue weighted by atomic mass is 16.5. The van der Waals surface area contributed by atoms with Gasteiger partial charge in [0, 0.05) is 12.0 Å². The van der Waals surface area contributed by atoms with Crippen LogP contribution < -0.4 is 10.4 Å². The van der Waals surface area contributed by atoms with E-state index in [1.807, 2.05) is 19.1 Å². The first kappa shape index (κ1) is 11.7. The minimum Gasteiger partial charge on any atom is -0.493 e. The third-order valence-electron chi connectivity index (χ3n) is 2.48. The molecule has 1 aromatic carbocycles. The molecule has 0 aliphatic rings. The molecule has 4 heteroatoms. The van der Waals surface area contributed by atoms with Crippen LogP contribution in [0, 0.1) is 0 Å². The molecule has 0 saturated heterocycles. The molecule has 4 nitrogen and oxygen atoms in total. The van der Waals surface area contributed by atoms with Crippen LogP contribution in [-0.4, -0.2) is 13.7 Å². The Morgan fingerprint density at radius 1 is 1.35 bits per heavy atom. The Morgan fingerprint density at radius 2 is 2.18 bits per heavy atom. The number of methoxy groups -OCH3 is 1. The molecule has 90 valence electrons. The summed E-state index contributed by atoms with van der Waals surface area (Å²) in [4.78, 5) is 11.7. The van der Waals surface area contributed by atoms with Gasteiger partial charge in [0.2, 0.25) is 0 Å². The Hall–Kier alpha value is -1.81. The molecule has 0 amide bonds. The fourth-order valence-electron chi connectivity index (χ4n) is 1.63. The quantitative estimate of drug-likeness (QED) is 0.762. The molecule has 0 unspecified atom stereocenters. The molecule has 0 N–H and O–H groups in total. The zero-order valence-electron chi connectivity index (χ0n) is 9.86. The summed E-state index contributed by atoms with van der Waals surface area (Å²) < 4.78 is 15.6. The molecule has 2 rings (SSSR count). The Morgan fingerprint density at radius 3 is 2.88 bits per heavy atom. The number of benzene rings is 1. The van der Waals surface area contributed by atoms with Gasteiger partial charge in [0.1, 0.15) is 0 Å². The summed E-state index contributed by atoms with van der Waals surface area (Å²) in [5.41, 5.74) is 0.614. The van der Waals surface area contributed by atoms with Crippen molar-refractivity contribution in [3.8, 4) is 5.75 Å². The fourth-order valence-corrected chi connectivity index (χ4v) is 1.63. The zero-order valence-corrected chi connectivity index (χ0v) is 9.86. The van der Waals surface area contributed by atoms with E-state index in [-0.39, 0.29) is 12.2 Å². The summed E-state index contributed by atoms with van der Waals surface area (Å²) in [5.74, 6) is 0.558. The van der Waals surface area contributed by atoms with Crippen LogP contribution in [0.5, 0.6) is 5.75 Å². The van der Waals surface area contributed by atoms with Gasteiger partial charge in [-0.2, -0.15) is 0 Å². The van der Waals surface area contributed by atoms with Crippen LogP contribution in [0.3, 0.4) is 0 Å². The first-order chi connectivity index (χ1) is 8.26. The van der Waals surface area contributed by atoms with E-state index in [2.05, 4.69) is 0 Å². The average Bonchev–Trinajstić information content (AvgIpc) is 2.35. The van der Waals surface area contributed by atoms with Crippen molar-refractivity contribution in [3.63, 3.8) is 0 Å². The van der Waals surface area contributed by atoms with E-state index in [1.54, 1.807) is 19.2 Å². The molecule has 0 bridgehead atoms. The summed E-state index contributed by atoms with van der Waals surface area (Å²) in [7, 11) is 1.54. The number of para-hydroxylation sites is 1. The average molecular weight is 234 g/mol. The van der Waals surface area contributed by atoms with Crippen LogP contribution in [-0.2, 0) is 11.3 Å². The van der Waals surface area contributed by atoms with Gasteiger partial charge in [-0.25, -0.2) is 4.79 Å². The second-order valence-corrected chi connectivity index (χ2v) is 3.57. The second-order valence-electron chi connectivity index (χ2n) is 3.57. The van der Waals surface area contributed by atoms with Crippen molar-refractivity contribution in [2.24, 2.45) is 0 Å². The van der Waals surface area contributed by atoms with Gasteiger partial charge in [-0.15, -0.1) is 0 Å². The molecule has 0 aliphatic carbocycles. The van der Waals surface area contributed by atoms with Crippen molar-refractivity contribution in [1.29, 1.82) is 0 Å². The van der Waals surface area contributed by atoms with Crippen LogP contribution in [0.25, 0.3) is 11.0 Å². The maximum Gasteiger partial charge on any atom is 0.341 e. The van der Waals surface area contributed by atoms with Gasteiger partial charge in [0.05, 0.1) is 19.3 Å². The van der Waals surface area contributed by atoms with Gasteiger partial charge < -0.3 is 13.9 Å². The van der Waals surface area contributed by atoms with Crippen molar-refractivity contribution >= 4 is 11.0 Å². The largest absolute Gasteiger partial charge is 0.493 e. The molecular formula is C13H14O4. The highest BCUT2D eigenvalue weighted by Crippen LogP contribution is 2.24. The van der Waals surface area contributed by atoms with Gasteiger partial charge in [-0.3, -0.25) is 0 Å². The van der Waals surface area contributed by atoms with E-state index in [4.69, 9.17) is 13.9 Å². The van der Waals surface area contributed by atoms with Crippen LogP contribution >= 0.6 is 0 Å². The molecule has 0 saturated carbocycles. The standard InChI is InChI=1S/C13H14O4/c1-3-16-8-10-7-9-5-4-6-11(15-2)12(9)17-13(10)14/h4-7H,3,8H2,1-2H3. The molecule has 0 atom stereocenters. The molecule has 0 spiro atoms. The van der Waals surface area contributed by atoms with Gasteiger partial charge in [0.15, 0.2) is 11.3 Å². The molecule has 0 aliphatic heterocycles. The Balaban J connectivity index is 2.54. The van der Waals surface area contributed by atoms with Gasteiger partial charge >= 0.3 is 5.63 Å². The summed E-state index contributed by atoms with van der Waals surface area (Å²) in [6.07, 6.45) is 0. The topological polar surface area (TPSA) is 48.7 Å². The van der Waals surface area contributed by atoms with Crippen molar-refractivity contribution in [2.45, 2.75) is 13.5 Å². The summed E-state index contributed by atoms with van der Waals surface area (Å²) in [5, 5.41) is 0.832. The number of hydrogen-bond donors (Lipinski definition) is 0. The van der Waals surface area contributed by atoms with E-state index >= 15 is 0 Å². The normalized spacial score (nSPS) is 10.7. The Bertz CT molecular complexity index is 571. The summed E-state index contributed by atoms with van der Waals surface area (Å²) in [6, 6.07) is 7.26. The minimum atomic E-state index is -0.379. The summed E-state index contributed by atoms with van der Waals surface area (Å²) >= 11 is 0. The first-order valence-electron chi connectivity index (χ1n) is 5.43. The van der Waals surface area contributed by atoms with E-state index < -0.39 is 0 Å². The highest BCUT2D eigenvalue weighted by molar-refractivity contribution is 5.82. The first-order valence-corrected chi connectivity index (χ1v) is 5.43. The fraction of sp³-hybridized carbons (Fsp3) is 0.308. The molecule has 0 fully saturated rings. The van der Waals surface area contributed by atoms with Crippen LogP contribution in [0.2, 0.25) is 0 Å². The number of rotatable bonds is 4. The Kier molecular flexibility index (Phi) is 3.44. The van der Waals surface area contributed by atoms with E-state index in [1.165, 1.54) is 0 Å². The number of hydrogen-bond acceptors (Lipinski definition) is 4. The lowest BCUT2D eigenvalue weighted by Gasteiger charge is -2.05. The van der Waals surface area contributed by atoms with Crippen LogP contribution in [0.4, 0.5) is 0 Å². The number of fused-ring (bicyclic) bond motifs is 1. The maximum absolute atomic E-state index is 11.7. The number of ether oxygens (including phenoxy) is 2. The Labute approximate surface area is 98.8 Å². The third-order valence-corrected chi connectivity index (χ3v) is 2.48. The van der Waals surface area contributed by atoms with Crippen molar-refractivity contribution < 1.29 is 13.9 Å². The van der Waals surface area contributed by atoms with E-state index in [0.717, 1.165) is 5.39 Å². The van der Waals surface area contributed by atoms with E-state index in [9.17, 15) is 4.79 Å². The van der Waals surface area contributed by atoms with Gasteiger partial charge in [-0.05, 0) is 19.1 Å². The SMILES string of the molecule is CCOCc1cc2cccc(OC)c2oc1=O. The maximum atomic E-state index is 11.7. The predicted molar refractivity (Wildman–Crippen MR) is 64.4 cm³/mol. The lowest BCUT2D eigenvalue weighted by Crippen LogP contribution is -2.09. The monoisotopic (exact) mass is 234 g/mol. The molecule has 1 aromatic heterocycles. The van der Waals surface area contributed by atoms with Crippen LogP contribution in [0.15, 0.2) is 33.5 Å². The molecule has 0 radical (unpaired) electrons.